The van der Waals surface area contributed by atoms with Crippen LogP contribution in [0.4, 0.5) is 0 Å². The van der Waals surface area contributed by atoms with E-state index in [0.29, 0.717) is 18.8 Å². The van der Waals surface area contributed by atoms with Crippen LogP contribution in [0.1, 0.15) is 17.1 Å². The van der Waals surface area contributed by atoms with Crippen LogP contribution in [0.25, 0.3) is 22.4 Å². The van der Waals surface area contributed by atoms with Crippen molar-refractivity contribution >= 4 is 16.9 Å². The number of aryl methyl sites for hydroxylation is 2. The summed E-state index contributed by atoms with van der Waals surface area (Å²) < 4.78 is 1.84. The maximum atomic E-state index is 12.2. The van der Waals surface area contributed by atoms with Crippen LogP contribution < -0.4 is 5.32 Å². The lowest BCUT2D eigenvalue weighted by Crippen LogP contribution is -2.29. The molecule has 8 nitrogen and oxygen atoms in total. The number of aromatic nitrogens is 6. The van der Waals surface area contributed by atoms with Gasteiger partial charge in [-0.05, 0) is 37.6 Å². The number of nitrogens with zero attached hydrogens (tertiary/aromatic N) is 5. The molecule has 1 aromatic carbocycles. The number of aromatic amines is 1. The van der Waals surface area contributed by atoms with Crippen LogP contribution in [0, 0.1) is 13.8 Å². The Bertz CT molecular complexity index is 1110. The standard InChI is InChI=1S/C20H21N7O/c1-13-7-9-21-14(2)19(13)20-24-17(25-26-20)8-10-22-18(28)11-27-12-23-15-5-3-4-6-16(15)27/h3-7,9,12H,8,10-11H2,1-2H3,(H,22,28)(H,24,25,26). The molecule has 4 aromatic rings. The first-order valence-electron chi connectivity index (χ1n) is 9.12. The quantitative estimate of drug-likeness (QED) is 0.538. The summed E-state index contributed by atoms with van der Waals surface area (Å²) in [5, 5.41) is 10.2. The zero-order valence-electron chi connectivity index (χ0n) is 15.8. The summed E-state index contributed by atoms with van der Waals surface area (Å²) in [6.45, 7) is 4.67. The van der Waals surface area contributed by atoms with E-state index in [1.165, 1.54) is 0 Å². The van der Waals surface area contributed by atoms with E-state index < -0.39 is 0 Å². The van der Waals surface area contributed by atoms with Crippen molar-refractivity contribution < 1.29 is 4.79 Å². The van der Waals surface area contributed by atoms with Crippen LogP contribution in [-0.4, -0.2) is 42.2 Å². The Kier molecular flexibility index (Phi) is 4.84. The average Bonchev–Trinajstić information content (AvgIpc) is 3.29. The topological polar surface area (TPSA) is 101 Å². The summed E-state index contributed by atoms with van der Waals surface area (Å²) in [6, 6.07) is 9.69. The third kappa shape index (κ3) is 3.62. The van der Waals surface area contributed by atoms with E-state index in [4.69, 9.17) is 0 Å². The molecule has 28 heavy (non-hydrogen) atoms. The molecule has 0 aliphatic rings. The number of para-hydroxylation sites is 2. The van der Waals surface area contributed by atoms with Gasteiger partial charge < -0.3 is 9.88 Å². The van der Waals surface area contributed by atoms with E-state index in [9.17, 15) is 4.79 Å². The summed E-state index contributed by atoms with van der Waals surface area (Å²) >= 11 is 0. The van der Waals surface area contributed by atoms with Crippen LogP contribution in [0.3, 0.4) is 0 Å². The lowest BCUT2D eigenvalue weighted by molar-refractivity contribution is -0.121. The molecule has 1 amide bonds. The summed E-state index contributed by atoms with van der Waals surface area (Å²) in [5.74, 6) is 1.29. The second-order valence-electron chi connectivity index (χ2n) is 6.66. The minimum absolute atomic E-state index is 0.0677. The Morgan fingerprint density at radius 2 is 2.04 bits per heavy atom. The molecular weight excluding hydrogens is 354 g/mol. The number of H-pyrrole nitrogens is 1. The molecule has 0 atom stereocenters. The molecule has 0 aliphatic carbocycles. The smallest absolute Gasteiger partial charge is 0.240 e. The second kappa shape index (κ2) is 7.59. The normalized spacial score (nSPS) is 11.1. The number of fused-ring (bicyclic) bond motifs is 1. The number of hydrogen-bond donors (Lipinski definition) is 2. The van der Waals surface area contributed by atoms with Crippen LogP contribution in [0.5, 0.6) is 0 Å². The average molecular weight is 375 g/mol. The maximum Gasteiger partial charge on any atom is 0.240 e. The van der Waals surface area contributed by atoms with E-state index in [2.05, 4.69) is 30.5 Å². The Balaban J connectivity index is 1.34. The first-order valence-corrected chi connectivity index (χ1v) is 9.12. The fourth-order valence-electron chi connectivity index (χ4n) is 3.22. The van der Waals surface area contributed by atoms with Gasteiger partial charge in [-0.25, -0.2) is 9.97 Å². The molecule has 0 saturated heterocycles. The molecule has 4 rings (SSSR count). The van der Waals surface area contributed by atoms with Crippen molar-refractivity contribution in [3.63, 3.8) is 0 Å². The van der Waals surface area contributed by atoms with Gasteiger partial charge in [0, 0.05) is 30.4 Å². The molecule has 3 heterocycles. The number of carbonyl (C=O) groups excluding carboxylic acids is 1. The van der Waals surface area contributed by atoms with Gasteiger partial charge in [-0.3, -0.25) is 14.9 Å². The molecule has 2 N–H and O–H groups in total. The number of hydrogen-bond acceptors (Lipinski definition) is 5. The molecule has 142 valence electrons. The second-order valence-corrected chi connectivity index (χ2v) is 6.66. The molecule has 0 radical (unpaired) electrons. The highest BCUT2D eigenvalue weighted by molar-refractivity contribution is 5.80. The van der Waals surface area contributed by atoms with Gasteiger partial charge in [0.2, 0.25) is 5.91 Å². The molecule has 0 fully saturated rings. The number of carbonyl (C=O) groups is 1. The van der Waals surface area contributed by atoms with Gasteiger partial charge in [0.05, 0.1) is 17.4 Å². The Hall–Kier alpha value is -3.55. The van der Waals surface area contributed by atoms with E-state index in [-0.39, 0.29) is 12.5 Å². The number of rotatable bonds is 6. The highest BCUT2D eigenvalue weighted by Crippen LogP contribution is 2.21. The Morgan fingerprint density at radius 3 is 2.89 bits per heavy atom. The van der Waals surface area contributed by atoms with Crippen molar-refractivity contribution in [3.05, 3.63) is 59.9 Å². The molecule has 0 bridgehead atoms. The number of imidazole rings is 1. The van der Waals surface area contributed by atoms with Gasteiger partial charge in [-0.1, -0.05) is 12.1 Å². The highest BCUT2D eigenvalue weighted by Gasteiger charge is 2.12. The van der Waals surface area contributed by atoms with Crippen molar-refractivity contribution in [1.82, 2.24) is 35.0 Å². The van der Waals surface area contributed by atoms with Crippen LogP contribution in [-0.2, 0) is 17.8 Å². The minimum Gasteiger partial charge on any atom is -0.354 e. The van der Waals surface area contributed by atoms with Crippen molar-refractivity contribution in [2.45, 2.75) is 26.8 Å². The largest absolute Gasteiger partial charge is 0.354 e. The molecule has 0 spiro atoms. The first-order chi connectivity index (χ1) is 13.6. The van der Waals surface area contributed by atoms with E-state index in [1.54, 1.807) is 12.5 Å². The predicted molar refractivity (Wildman–Crippen MR) is 106 cm³/mol. The predicted octanol–water partition coefficient (Wildman–Crippen LogP) is 2.19. The lowest BCUT2D eigenvalue weighted by Gasteiger charge is -2.06. The summed E-state index contributed by atoms with van der Waals surface area (Å²) in [4.78, 5) is 25.4. The van der Waals surface area contributed by atoms with Gasteiger partial charge in [-0.2, -0.15) is 5.10 Å². The monoisotopic (exact) mass is 375 g/mol. The van der Waals surface area contributed by atoms with Crippen LogP contribution >= 0.6 is 0 Å². The number of benzene rings is 1. The van der Waals surface area contributed by atoms with Gasteiger partial charge in [0.15, 0.2) is 5.82 Å². The van der Waals surface area contributed by atoms with Crippen LogP contribution in [0.15, 0.2) is 42.9 Å². The first kappa shape index (κ1) is 17.8. The number of pyridine rings is 1. The van der Waals surface area contributed by atoms with Crippen molar-refractivity contribution in [2.75, 3.05) is 6.54 Å². The van der Waals surface area contributed by atoms with E-state index in [1.807, 2.05) is 48.7 Å². The SMILES string of the molecule is Cc1ccnc(C)c1-c1n[nH]c(CCNC(=O)Cn2cnc3ccccc32)n1. The van der Waals surface area contributed by atoms with Crippen molar-refractivity contribution in [1.29, 1.82) is 0 Å². The Labute approximate surface area is 162 Å². The van der Waals surface area contributed by atoms with Crippen LogP contribution in [0.2, 0.25) is 0 Å². The fourth-order valence-corrected chi connectivity index (χ4v) is 3.22. The third-order valence-electron chi connectivity index (χ3n) is 4.63. The molecule has 0 saturated carbocycles. The van der Waals surface area contributed by atoms with Crippen molar-refractivity contribution in [2.24, 2.45) is 0 Å². The third-order valence-corrected chi connectivity index (χ3v) is 4.63. The Morgan fingerprint density at radius 1 is 1.18 bits per heavy atom. The van der Waals surface area contributed by atoms with E-state index in [0.717, 1.165) is 33.7 Å². The highest BCUT2D eigenvalue weighted by atomic mass is 16.1. The summed E-state index contributed by atoms with van der Waals surface area (Å²) in [5.41, 5.74) is 4.75. The number of amides is 1. The van der Waals surface area contributed by atoms with Gasteiger partial charge in [0.25, 0.3) is 0 Å². The summed E-state index contributed by atoms with van der Waals surface area (Å²) in [7, 11) is 0. The van der Waals surface area contributed by atoms with Gasteiger partial charge >= 0.3 is 0 Å². The molecule has 8 heteroatoms. The molecule has 3 aromatic heterocycles. The molecular formula is C20H21N7O. The van der Waals surface area contributed by atoms with Gasteiger partial charge in [-0.15, -0.1) is 0 Å². The molecule has 0 unspecified atom stereocenters. The maximum absolute atomic E-state index is 12.2. The zero-order chi connectivity index (χ0) is 19.5. The van der Waals surface area contributed by atoms with Crippen molar-refractivity contribution in [3.8, 4) is 11.4 Å². The van der Waals surface area contributed by atoms with E-state index >= 15 is 0 Å². The lowest BCUT2D eigenvalue weighted by atomic mass is 10.1. The number of nitrogens with one attached hydrogen (secondary N) is 2. The molecule has 0 aliphatic heterocycles. The van der Waals surface area contributed by atoms with Gasteiger partial charge in [0.1, 0.15) is 12.4 Å². The minimum atomic E-state index is -0.0677. The summed E-state index contributed by atoms with van der Waals surface area (Å²) in [6.07, 6.45) is 4.04. The fraction of sp³-hybridized carbons (Fsp3) is 0.250. The zero-order valence-corrected chi connectivity index (χ0v) is 15.8.